The van der Waals surface area contributed by atoms with Gasteiger partial charge in [-0.3, -0.25) is 0 Å². The summed E-state index contributed by atoms with van der Waals surface area (Å²) in [4.78, 5) is 0. The van der Waals surface area contributed by atoms with Gasteiger partial charge in [0.1, 0.15) is 0 Å². The molecule has 2 N–H and O–H groups in total. The van der Waals surface area contributed by atoms with Gasteiger partial charge >= 0.3 is 0 Å². The van der Waals surface area contributed by atoms with Crippen molar-refractivity contribution in [3.63, 3.8) is 0 Å². The lowest BCUT2D eigenvalue weighted by Crippen LogP contribution is -1.90. The van der Waals surface area contributed by atoms with Crippen LogP contribution >= 0.6 is 0 Å². The highest BCUT2D eigenvalue weighted by atomic mass is 15.1. The van der Waals surface area contributed by atoms with Crippen LogP contribution in [-0.4, -0.2) is 13.1 Å². The third-order valence-electron chi connectivity index (χ3n) is 2.65. The summed E-state index contributed by atoms with van der Waals surface area (Å²) in [6, 6.07) is 7.41. The maximum atomic E-state index is 3.37. The molecule has 3 rings (SSSR count). The fraction of sp³-hybridized carbons (Fsp3) is 0.400. The van der Waals surface area contributed by atoms with Crippen molar-refractivity contribution in [2.24, 2.45) is 0 Å². The Kier molecular flexibility index (Phi) is 1.21. The van der Waals surface area contributed by atoms with Crippen molar-refractivity contribution < 1.29 is 0 Å². The van der Waals surface area contributed by atoms with E-state index in [0.29, 0.717) is 6.04 Å². The average molecular weight is 160 g/mol. The van der Waals surface area contributed by atoms with E-state index in [9.17, 15) is 0 Å². The maximum Gasteiger partial charge on any atom is 0.0447 e. The summed E-state index contributed by atoms with van der Waals surface area (Å²) < 4.78 is 0. The third kappa shape index (κ3) is 0.916. The van der Waals surface area contributed by atoms with E-state index < -0.39 is 0 Å². The molecule has 1 unspecified atom stereocenters. The van der Waals surface area contributed by atoms with Crippen molar-refractivity contribution in [1.29, 1.82) is 0 Å². The predicted octanol–water partition coefficient (Wildman–Crippen LogP) is 1.30. The zero-order valence-corrected chi connectivity index (χ0v) is 6.93. The first-order chi connectivity index (χ1) is 5.93. The molecule has 12 heavy (non-hydrogen) atoms. The van der Waals surface area contributed by atoms with E-state index in [-0.39, 0.29) is 0 Å². The lowest BCUT2D eigenvalue weighted by molar-refractivity contribution is 1.06. The number of benzene rings is 1. The molecule has 0 spiro atoms. The van der Waals surface area contributed by atoms with Gasteiger partial charge in [-0.05, 0) is 23.6 Å². The monoisotopic (exact) mass is 160 g/mol. The molecule has 1 fully saturated rings. The lowest BCUT2D eigenvalue weighted by Gasteiger charge is -2.01. The van der Waals surface area contributed by atoms with E-state index in [0.717, 1.165) is 13.1 Å². The van der Waals surface area contributed by atoms with Gasteiger partial charge in [-0.15, -0.1) is 0 Å². The maximum absolute atomic E-state index is 3.37. The van der Waals surface area contributed by atoms with Gasteiger partial charge in [0.15, 0.2) is 0 Å². The van der Waals surface area contributed by atoms with Crippen molar-refractivity contribution in [1.82, 2.24) is 5.32 Å². The summed E-state index contributed by atoms with van der Waals surface area (Å²) in [7, 11) is 0. The van der Waals surface area contributed by atoms with Crippen LogP contribution in [0.3, 0.4) is 0 Å². The molecule has 0 aromatic heterocycles. The Labute approximate surface area is 72.0 Å². The minimum atomic E-state index is 0.649. The van der Waals surface area contributed by atoms with E-state index in [1.165, 1.54) is 23.2 Å². The first kappa shape index (κ1) is 6.49. The zero-order valence-electron chi connectivity index (χ0n) is 6.93. The predicted molar refractivity (Wildman–Crippen MR) is 49.4 cm³/mol. The van der Waals surface area contributed by atoms with Crippen LogP contribution in [0.4, 0.5) is 5.69 Å². The van der Waals surface area contributed by atoms with E-state index in [1.54, 1.807) is 0 Å². The smallest absolute Gasteiger partial charge is 0.0447 e. The summed E-state index contributed by atoms with van der Waals surface area (Å²) >= 11 is 0. The minimum absolute atomic E-state index is 0.649. The first-order valence-electron chi connectivity index (χ1n) is 4.53. The third-order valence-corrected chi connectivity index (χ3v) is 2.65. The van der Waals surface area contributed by atoms with Crippen molar-refractivity contribution in [2.45, 2.75) is 12.5 Å². The van der Waals surface area contributed by atoms with Gasteiger partial charge in [-0.1, -0.05) is 12.1 Å². The van der Waals surface area contributed by atoms with Crippen LogP contribution < -0.4 is 10.6 Å². The molecule has 2 heterocycles. The van der Waals surface area contributed by atoms with Gasteiger partial charge in [0, 0.05) is 24.8 Å². The van der Waals surface area contributed by atoms with Gasteiger partial charge in [-0.25, -0.2) is 0 Å². The zero-order chi connectivity index (χ0) is 7.97. The molecule has 2 aliphatic rings. The molecule has 0 amide bonds. The topological polar surface area (TPSA) is 34.0 Å². The van der Waals surface area contributed by atoms with E-state index in [4.69, 9.17) is 0 Å². The molecule has 0 aliphatic carbocycles. The van der Waals surface area contributed by atoms with E-state index >= 15 is 0 Å². The fourth-order valence-corrected chi connectivity index (χ4v) is 1.84. The largest absolute Gasteiger partial charge is 0.384 e. The summed E-state index contributed by atoms with van der Waals surface area (Å²) in [5, 5.41) is 6.69. The Morgan fingerprint density at radius 2 is 2.25 bits per heavy atom. The molecular weight excluding hydrogens is 148 g/mol. The Morgan fingerprint density at radius 3 is 3.08 bits per heavy atom. The molecule has 1 aromatic carbocycles. The van der Waals surface area contributed by atoms with Crippen LogP contribution in [0.1, 0.15) is 17.2 Å². The SMILES string of the molecule is c1cc2c(cc1C1CN1)CCN2. The summed E-state index contributed by atoms with van der Waals surface area (Å²) in [6.07, 6.45) is 1.19. The molecule has 2 nitrogen and oxygen atoms in total. The normalized spacial score (nSPS) is 24.8. The van der Waals surface area contributed by atoms with Crippen LogP contribution in [0.15, 0.2) is 18.2 Å². The van der Waals surface area contributed by atoms with Crippen molar-refractivity contribution >= 4 is 5.69 Å². The quantitative estimate of drug-likeness (QED) is 0.607. The Morgan fingerprint density at radius 1 is 1.33 bits per heavy atom. The fourth-order valence-electron chi connectivity index (χ4n) is 1.84. The number of fused-ring (bicyclic) bond motifs is 1. The Hall–Kier alpha value is -1.02. The average Bonchev–Trinajstić information content (AvgIpc) is 2.84. The minimum Gasteiger partial charge on any atom is -0.384 e. The second kappa shape index (κ2) is 2.23. The Bertz CT molecular complexity index is 316. The van der Waals surface area contributed by atoms with Crippen LogP contribution in [0, 0.1) is 0 Å². The summed E-state index contributed by atoms with van der Waals surface area (Å²) in [6.45, 7) is 2.27. The molecule has 2 heteroatoms. The standard InChI is InChI=1S/C10H12N2/c1-2-9-8(3-4-11-9)5-7(1)10-6-12-10/h1-2,5,10-12H,3-4,6H2. The highest BCUT2D eigenvalue weighted by Gasteiger charge is 2.23. The van der Waals surface area contributed by atoms with Gasteiger partial charge in [0.05, 0.1) is 0 Å². The summed E-state index contributed by atoms with van der Waals surface area (Å²) in [5.41, 5.74) is 4.28. The highest BCUT2D eigenvalue weighted by Crippen LogP contribution is 2.28. The van der Waals surface area contributed by atoms with E-state index in [1.807, 2.05) is 0 Å². The van der Waals surface area contributed by atoms with Crippen molar-refractivity contribution in [2.75, 3.05) is 18.4 Å². The lowest BCUT2D eigenvalue weighted by atomic mass is 10.1. The number of hydrogen-bond acceptors (Lipinski definition) is 2. The molecule has 62 valence electrons. The van der Waals surface area contributed by atoms with Crippen LogP contribution in [-0.2, 0) is 6.42 Å². The molecule has 0 bridgehead atoms. The molecule has 1 aromatic rings. The van der Waals surface area contributed by atoms with E-state index in [2.05, 4.69) is 28.8 Å². The molecule has 0 saturated carbocycles. The van der Waals surface area contributed by atoms with Gasteiger partial charge in [0.25, 0.3) is 0 Å². The molecule has 1 saturated heterocycles. The van der Waals surface area contributed by atoms with Crippen molar-refractivity contribution in [3.05, 3.63) is 29.3 Å². The molecule has 0 radical (unpaired) electrons. The second-order valence-electron chi connectivity index (χ2n) is 3.55. The van der Waals surface area contributed by atoms with Gasteiger partial charge < -0.3 is 10.6 Å². The first-order valence-corrected chi connectivity index (χ1v) is 4.53. The second-order valence-corrected chi connectivity index (χ2v) is 3.55. The number of rotatable bonds is 1. The molecule has 2 aliphatic heterocycles. The van der Waals surface area contributed by atoms with Gasteiger partial charge in [-0.2, -0.15) is 0 Å². The number of hydrogen-bond donors (Lipinski definition) is 2. The Balaban J connectivity index is 2.03. The van der Waals surface area contributed by atoms with Crippen molar-refractivity contribution in [3.8, 4) is 0 Å². The van der Waals surface area contributed by atoms with Crippen LogP contribution in [0.2, 0.25) is 0 Å². The summed E-state index contributed by atoms with van der Waals surface area (Å²) in [5.74, 6) is 0. The van der Waals surface area contributed by atoms with Crippen LogP contribution in [0.25, 0.3) is 0 Å². The van der Waals surface area contributed by atoms with Crippen LogP contribution in [0.5, 0.6) is 0 Å². The highest BCUT2D eigenvalue weighted by molar-refractivity contribution is 5.57. The molecular formula is C10H12N2. The van der Waals surface area contributed by atoms with Gasteiger partial charge in [0.2, 0.25) is 0 Å². The molecule has 1 atom stereocenters. The number of nitrogens with one attached hydrogen (secondary N) is 2. The number of anilines is 1.